The predicted octanol–water partition coefficient (Wildman–Crippen LogP) is 1.21. The summed E-state index contributed by atoms with van der Waals surface area (Å²) in [7, 11) is 1.36. The van der Waals surface area contributed by atoms with E-state index in [0.717, 1.165) is 12.0 Å². The lowest BCUT2D eigenvalue weighted by Gasteiger charge is -2.28. The van der Waals surface area contributed by atoms with Crippen LogP contribution in [-0.2, 0) is 20.9 Å². The molecule has 21 heavy (non-hydrogen) atoms. The molecule has 0 bridgehead atoms. The van der Waals surface area contributed by atoms with Crippen LogP contribution < -0.4 is 10.6 Å². The number of carbonyl (C=O) groups is 2. The van der Waals surface area contributed by atoms with Gasteiger partial charge in [-0.2, -0.15) is 0 Å². The summed E-state index contributed by atoms with van der Waals surface area (Å²) in [6, 6.07) is 9.03. The molecule has 1 amide bonds. The van der Waals surface area contributed by atoms with E-state index in [1.54, 1.807) is 0 Å². The van der Waals surface area contributed by atoms with Gasteiger partial charge in [-0.1, -0.05) is 30.3 Å². The van der Waals surface area contributed by atoms with Gasteiger partial charge in [-0.3, -0.25) is 4.79 Å². The molecular formula is C15H20N2O4. The highest BCUT2D eigenvalue weighted by atomic mass is 16.5. The zero-order valence-corrected chi connectivity index (χ0v) is 12.0. The summed E-state index contributed by atoms with van der Waals surface area (Å²) in [4.78, 5) is 23.2. The fourth-order valence-electron chi connectivity index (χ4n) is 2.30. The van der Waals surface area contributed by atoms with Crippen molar-refractivity contribution in [2.75, 3.05) is 13.7 Å². The monoisotopic (exact) mass is 292 g/mol. The Balaban J connectivity index is 1.76. The van der Waals surface area contributed by atoms with Crippen molar-refractivity contribution in [2.24, 2.45) is 0 Å². The lowest BCUT2D eigenvalue weighted by Crippen LogP contribution is -2.51. The molecule has 1 aliphatic heterocycles. The third kappa shape index (κ3) is 4.75. The van der Waals surface area contributed by atoms with Crippen molar-refractivity contribution < 1.29 is 19.1 Å². The van der Waals surface area contributed by atoms with Crippen LogP contribution in [0, 0.1) is 0 Å². The molecule has 0 saturated carbocycles. The number of hydrogen-bond donors (Lipinski definition) is 2. The Hall–Kier alpha value is -2.08. The van der Waals surface area contributed by atoms with Crippen LogP contribution in [0.3, 0.4) is 0 Å². The highest BCUT2D eigenvalue weighted by molar-refractivity contribution is 5.76. The van der Waals surface area contributed by atoms with Crippen molar-refractivity contribution in [2.45, 2.75) is 31.5 Å². The van der Waals surface area contributed by atoms with E-state index in [1.807, 2.05) is 30.3 Å². The second kappa shape index (κ2) is 7.64. The first-order valence-corrected chi connectivity index (χ1v) is 6.97. The maximum Gasteiger partial charge on any atom is 0.407 e. The van der Waals surface area contributed by atoms with Gasteiger partial charge in [0, 0.05) is 6.04 Å². The quantitative estimate of drug-likeness (QED) is 0.816. The van der Waals surface area contributed by atoms with E-state index in [1.165, 1.54) is 7.11 Å². The van der Waals surface area contributed by atoms with Gasteiger partial charge in [0.1, 0.15) is 12.6 Å². The van der Waals surface area contributed by atoms with E-state index in [4.69, 9.17) is 9.47 Å². The number of ether oxygens (including phenoxy) is 2. The minimum absolute atomic E-state index is 0.0846. The summed E-state index contributed by atoms with van der Waals surface area (Å²) in [5.74, 6) is -0.306. The molecule has 1 aliphatic rings. The number of piperidine rings is 1. The largest absolute Gasteiger partial charge is 0.468 e. The van der Waals surface area contributed by atoms with Crippen LogP contribution in [0.1, 0.15) is 18.4 Å². The Morgan fingerprint density at radius 3 is 2.81 bits per heavy atom. The summed E-state index contributed by atoms with van der Waals surface area (Å²) in [5, 5.41) is 5.85. The third-order valence-electron chi connectivity index (χ3n) is 3.42. The Labute approximate surface area is 123 Å². The smallest absolute Gasteiger partial charge is 0.407 e. The van der Waals surface area contributed by atoms with Crippen molar-refractivity contribution in [3.05, 3.63) is 35.9 Å². The first-order valence-electron chi connectivity index (χ1n) is 6.97. The maximum absolute atomic E-state index is 11.8. The molecule has 6 heteroatoms. The zero-order valence-electron chi connectivity index (χ0n) is 12.0. The number of benzene rings is 1. The normalized spacial score (nSPS) is 21.4. The molecule has 1 saturated heterocycles. The highest BCUT2D eigenvalue weighted by Gasteiger charge is 2.28. The lowest BCUT2D eigenvalue weighted by molar-refractivity contribution is -0.143. The molecule has 2 atom stereocenters. The van der Waals surface area contributed by atoms with E-state index in [2.05, 4.69) is 10.6 Å². The minimum atomic E-state index is -0.464. The zero-order chi connectivity index (χ0) is 15.1. The van der Waals surface area contributed by atoms with Crippen molar-refractivity contribution >= 4 is 12.1 Å². The molecule has 0 aromatic heterocycles. The summed E-state index contributed by atoms with van der Waals surface area (Å²) in [5.41, 5.74) is 0.936. The molecule has 2 rings (SSSR count). The molecule has 2 N–H and O–H groups in total. The summed E-state index contributed by atoms with van der Waals surface area (Å²) < 4.78 is 9.87. The Morgan fingerprint density at radius 1 is 1.33 bits per heavy atom. The van der Waals surface area contributed by atoms with Crippen LogP contribution in [0.15, 0.2) is 30.3 Å². The van der Waals surface area contributed by atoms with Crippen LogP contribution in [-0.4, -0.2) is 37.8 Å². The molecule has 0 aliphatic carbocycles. The predicted molar refractivity (Wildman–Crippen MR) is 76.6 cm³/mol. The summed E-state index contributed by atoms with van der Waals surface area (Å²) >= 11 is 0. The van der Waals surface area contributed by atoms with Gasteiger partial charge in [0.2, 0.25) is 0 Å². The summed E-state index contributed by atoms with van der Waals surface area (Å²) in [6.07, 6.45) is 0.801. The molecule has 114 valence electrons. The SMILES string of the molecule is COC(=O)[C@@H]1C[C@@H](NC(=O)OCc2ccccc2)CCN1. The van der Waals surface area contributed by atoms with Gasteiger partial charge in [0.15, 0.2) is 0 Å². The minimum Gasteiger partial charge on any atom is -0.468 e. The number of hydrogen-bond acceptors (Lipinski definition) is 5. The van der Waals surface area contributed by atoms with Gasteiger partial charge >= 0.3 is 12.1 Å². The number of esters is 1. The van der Waals surface area contributed by atoms with E-state index >= 15 is 0 Å². The van der Waals surface area contributed by atoms with Gasteiger partial charge < -0.3 is 20.1 Å². The van der Waals surface area contributed by atoms with Gasteiger partial charge in [0.25, 0.3) is 0 Å². The van der Waals surface area contributed by atoms with Crippen LogP contribution in [0.25, 0.3) is 0 Å². The molecule has 0 radical (unpaired) electrons. The first kappa shape index (κ1) is 15.3. The third-order valence-corrected chi connectivity index (χ3v) is 3.42. The molecule has 0 spiro atoms. The topological polar surface area (TPSA) is 76.7 Å². The second-order valence-electron chi connectivity index (χ2n) is 4.96. The number of amides is 1. The molecule has 6 nitrogen and oxygen atoms in total. The molecule has 0 unspecified atom stereocenters. The highest BCUT2D eigenvalue weighted by Crippen LogP contribution is 2.10. The Bertz CT molecular complexity index is 478. The van der Waals surface area contributed by atoms with Crippen LogP contribution in [0.2, 0.25) is 0 Å². The number of carbonyl (C=O) groups excluding carboxylic acids is 2. The Kier molecular flexibility index (Phi) is 5.57. The van der Waals surface area contributed by atoms with E-state index in [9.17, 15) is 9.59 Å². The summed E-state index contributed by atoms with van der Waals surface area (Å²) in [6.45, 7) is 0.890. The number of rotatable bonds is 4. The molecule has 1 aromatic carbocycles. The molecule has 1 heterocycles. The van der Waals surface area contributed by atoms with E-state index in [-0.39, 0.29) is 24.7 Å². The first-order chi connectivity index (χ1) is 10.2. The van der Waals surface area contributed by atoms with Gasteiger partial charge in [-0.15, -0.1) is 0 Å². The average molecular weight is 292 g/mol. The number of methoxy groups -OCH3 is 1. The Morgan fingerprint density at radius 2 is 2.10 bits per heavy atom. The van der Waals surface area contributed by atoms with Crippen molar-refractivity contribution in [3.63, 3.8) is 0 Å². The van der Waals surface area contributed by atoms with Crippen molar-refractivity contribution in [1.82, 2.24) is 10.6 Å². The van der Waals surface area contributed by atoms with E-state index < -0.39 is 6.09 Å². The van der Waals surface area contributed by atoms with Gasteiger partial charge in [-0.05, 0) is 24.9 Å². The lowest BCUT2D eigenvalue weighted by atomic mass is 10.00. The van der Waals surface area contributed by atoms with Crippen molar-refractivity contribution in [3.8, 4) is 0 Å². The van der Waals surface area contributed by atoms with Crippen LogP contribution in [0.5, 0.6) is 0 Å². The fraction of sp³-hybridized carbons (Fsp3) is 0.467. The second-order valence-corrected chi connectivity index (χ2v) is 4.96. The number of alkyl carbamates (subject to hydrolysis) is 1. The average Bonchev–Trinajstić information content (AvgIpc) is 2.53. The molecule has 1 aromatic rings. The standard InChI is InChI=1S/C15H20N2O4/c1-20-14(18)13-9-12(7-8-16-13)17-15(19)21-10-11-5-3-2-4-6-11/h2-6,12-13,16H,7-10H2,1H3,(H,17,19)/t12-,13-/m0/s1. The fourth-order valence-corrected chi connectivity index (χ4v) is 2.30. The van der Waals surface area contributed by atoms with Gasteiger partial charge in [-0.25, -0.2) is 4.79 Å². The molecular weight excluding hydrogens is 272 g/mol. The van der Waals surface area contributed by atoms with Crippen LogP contribution >= 0.6 is 0 Å². The number of nitrogens with one attached hydrogen (secondary N) is 2. The van der Waals surface area contributed by atoms with Crippen molar-refractivity contribution in [1.29, 1.82) is 0 Å². The van der Waals surface area contributed by atoms with Crippen LogP contribution in [0.4, 0.5) is 4.79 Å². The van der Waals surface area contributed by atoms with Gasteiger partial charge in [0.05, 0.1) is 7.11 Å². The maximum atomic E-state index is 11.8. The molecule has 1 fully saturated rings. The van der Waals surface area contributed by atoms with E-state index in [0.29, 0.717) is 13.0 Å².